The fourth-order valence-corrected chi connectivity index (χ4v) is 2.79. The van der Waals surface area contributed by atoms with Crippen molar-refractivity contribution in [3.63, 3.8) is 0 Å². The number of nitro groups is 1. The predicted molar refractivity (Wildman–Crippen MR) is 72.0 cm³/mol. The highest BCUT2D eigenvalue weighted by atomic mass is 32.2. The molecule has 1 aliphatic rings. The van der Waals surface area contributed by atoms with E-state index in [9.17, 15) is 14.9 Å². The normalized spacial score (nSPS) is 15.9. The van der Waals surface area contributed by atoms with Crippen LogP contribution in [0.2, 0.25) is 0 Å². The second-order valence-corrected chi connectivity index (χ2v) is 5.31. The summed E-state index contributed by atoms with van der Waals surface area (Å²) in [4.78, 5) is 27.2. The molecule has 1 aromatic heterocycles. The van der Waals surface area contributed by atoms with Crippen LogP contribution >= 0.6 is 11.8 Å². The summed E-state index contributed by atoms with van der Waals surface area (Å²) in [7, 11) is 0. The quantitative estimate of drug-likeness (QED) is 0.665. The number of carboxylic acids is 1. The molecule has 1 aliphatic heterocycles. The van der Waals surface area contributed by atoms with Crippen LogP contribution in [0.1, 0.15) is 16.8 Å². The van der Waals surface area contributed by atoms with E-state index in [1.807, 2.05) is 4.90 Å². The number of carboxylic acid groups (broad SMARTS) is 1. The van der Waals surface area contributed by atoms with E-state index < -0.39 is 10.9 Å². The van der Waals surface area contributed by atoms with Crippen molar-refractivity contribution in [3.8, 4) is 0 Å². The predicted octanol–water partition coefficient (Wildman–Crippen LogP) is 1.63. The van der Waals surface area contributed by atoms with Crippen LogP contribution in [-0.4, -0.2) is 45.6 Å². The van der Waals surface area contributed by atoms with E-state index in [-0.39, 0.29) is 17.1 Å². The number of aromatic nitrogens is 1. The third kappa shape index (κ3) is 3.14. The summed E-state index contributed by atoms with van der Waals surface area (Å²) in [5.41, 5.74) is -0.411. The maximum atomic E-state index is 11.1. The number of pyridine rings is 1. The van der Waals surface area contributed by atoms with Gasteiger partial charge < -0.3 is 10.0 Å². The molecule has 19 heavy (non-hydrogen) atoms. The molecule has 0 aliphatic carbocycles. The van der Waals surface area contributed by atoms with Gasteiger partial charge in [-0.2, -0.15) is 11.8 Å². The van der Waals surface area contributed by atoms with Gasteiger partial charge in [0.1, 0.15) is 0 Å². The first-order valence-corrected chi connectivity index (χ1v) is 6.95. The van der Waals surface area contributed by atoms with Gasteiger partial charge in [0.2, 0.25) is 5.82 Å². The molecular formula is C11H13N3O4S. The van der Waals surface area contributed by atoms with E-state index >= 15 is 0 Å². The fourth-order valence-electron chi connectivity index (χ4n) is 1.90. The average Bonchev–Trinajstić information content (AvgIpc) is 2.66. The first-order valence-electron chi connectivity index (χ1n) is 5.80. The molecule has 0 aromatic carbocycles. The maximum absolute atomic E-state index is 11.1. The van der Waals surface area contributed by atoms with Gasteiger partial charge in [-0.05, 0) is 12.2 Å². The Labute approximate surface area is 113 Å². The Morgan fingerprint density at radius 2 is 2.26 bits per heavy atom. The van der Waals surface area contributed by atoms with Crippen LogP contribution < -0.4 is 4.90 Å². The molecule has 0 radical (unpaired) electrons. The number of hydrogen-bond acceptors (Lipinski definition) is 6. The highest BCUT2D eigenvalue weighted by Crippen LogP contribution is 2.28. The van der Waals surface area contributed by atoms with Crippen molar-refractivity contribution >= 4 is 29.2 Å². The van der Waals surface area contributed by atoms with Gasteiger partial charge in [0.25, 0.3) is 0 Å². The summed E-state index contributed by atoms with van der Waals surface area (Å²) >= 11 is 1.80. The van der Waals surface area contributed by atoms with Crippen LogP contribution in [0.5, 0.6) is 0 Å². The van der Waals surface area contributed by atoms with Gasteiger partial charge in [-0.1, -0.05) is 0 Å². The zero-order chi connectivity index (χ0) is 13.8. The smallest absolute Gasteiger partial charge is 0.337 e. The SMILES string of the molecule is O=C(O)c1cnc(N2CCCSCC2)c([N+](=O)[O-])c1. The Kier molecular flexibility index (Phi) is 4.20. The zero-order valence-corrected chi connectivity index (χ0v) is 10.9. The minimum atomic E-state index is -1.21. The van der Waals surface area contributed by atoms with Crippen LogP contribution in [0.25, 0.3) is 0 Å². The molecule has 7 nitrogen and oxygen atoms in total. The average molecular weight is 283 g/mol. The number of nitrogens with zero attached hydrogens (tertiary/aromatic N) is 3. The number of carbonyl (C=O) groups is 1. The lowest BCUT2D eigenvalue weighted by Crippen LogP contribution is -2.27. The Hall–Kier alpha value is -1.83. The topological polar surface area (TPSA) is 96.6 Å². The largest absolute Gasteiger partial charge is 0.478 e. The van der Waals surface area contributed by atoms with Gasteiger partial charge in [-0.3, -0.25) is 10.1 Å². The Morgan fingerprint density at radius 1 is 1.47 bits per heavy atom. The highest BCUT2D eigenvalue weighted by Gasteiger charge is 2.24. The summed E-state index contributed by atoms with van der Waals surface area (Å²) in [5.74, 6) is 0.961. The first-order chi connectivity index (χ1) is 9.09. The number of rotatable bonds is 3. The molecule has 0 spiro atoms. The van der Waals surface area contributed by atoms with Gasteiger partial charge in [-0.25, -0.2) is 9.78 Å². The molecule has 0 amide bonds. The van der Waals surface area contributed by atoms with E-state index in [2.05, 4.69) is 4.98 Å². The molecule has 1 saturated heterocycles. The van der Waals surface area contributed by atoms with E-state index in [0.717, 1.165) is 24.0 Å². The molecule has 2 rings (SSSR count). The summed E-state index contributed by atoms with van der Waals surface area (Å²) in [5, 5.41) is 19.9. The van der Waals surface area contributed by atoms with Crippen LogP contribution in [0.15, 0.2) is 12.3 Å². The summed E-state index contributed by atoms with van der Waals surface area (Å²) in [6.45, 7) is 1.39. The van der Waals surface area contributed by atoms with Crippen molar-refractivity contribution in [3.05, 3.63) is 27.9 Å². The minimum absolute atomic E-state index is 0.167. The van der Waals surface area contributed by atoms with Gasteiger partial charge in [-0.15, -0.1) is 0 Å². The molecule has 8 heteroatoms. The third-order valence-electron chi connectivity index (χ3n) is 2.81. The van der Waals surface area contributed by atoms with Gasteiger partial charge in [0.15, 0.2) is 0 Å². The monoisotopic (exact) mass is 283 g/mol. The van der Waals surface area contributed by atoms with Crippen molar-refractivity contribution in [2.45, 2.75) is 6.42 Å². The van der Waals surface area contributed by atoms with E-state index in [1.165, 1.54) is 6.20 Å². The minimum Gasteiger partial charge on any atom is -0.478 e. The van der Waals surface area contributed by atoms with Crippen molar-refractivity contribution in [2.24, 2.45) is 0 Å². The van der Waals surface area contributed by atoms with Crippen LogP contribution in [0.4, 0.5) is 11.5 Å². The Morgan fingerprint density at radius 3 is 2.95 bits per heavy atom. The number of hydrogen-bond donors (Lipinski definition) is 1. The Bertz CT molecular complexity index is 501. The van der Waals surface area contributed by atoms with E-state index in [4.69, 9.17) is 5.11 Å². The molecule has 1 aromatic rings. The zero-order valence-electron chi connectivity index (χ0n) is 10.1. The molecule has 1 fully saturated rings. The summed E-state index contributed by atoms with van der Waals surface area (Å²) < 4.78 is 0. The highest BCUT2D eigenvalue weighted by molar-refractivity contribution is 7.99. The lowest BCUT2D eigenvalue weighted by molar-refractivity contribution is -0.384. The molecular weight excluding hydrogens is 270 g/mol. The van der Waals surface area contributed by atoms with Gasteiger partial charge in [0.05, 0.1) is 10.5 Å². The molecule has 1 N–H and O–H groups in total. The van der Waals surface area contributed by atoms with Gasteiger partial charge >= 0.3 is 11.7 Å². The number of thioether (sulfide) groups is 1. The summed E-state index contributed by atoms with van der Waals surface area (Å²) in [6.07, 6.45) is 2.10. The second-order valence-electron chi connectivity index (χ2n) is 4.08. The maximum Gasteiger partial charge on any atom is 0.337 e. The number of anilines is 1. The molecule has 0 atom stereocenters. The standard InChI is InChI=1S/C11H13N3O4S/c15-11(16)8-6-9(14(17)18)10(12-7-8)13-2-1-4-19-5-3-13/h6-7H,1-5H2,(H,15,16). The molecule has 102 valence electrons. The van der Waals surface area contributed by atoms with Crippen LogP contribution in [-0.2, 0) is 0 Å². The van der Waals surface area contributed by atoms with Crippen molar-refractivity contribution in [1.29, 1.82) is 0 Å². The van der Waals surface area contributed by atoms with Gasteiger partial charge in [0, 0.05) is 31.1 Å². The van der Waals surface area contributed by atoms with E-state index in [1.54, 1.807) is 11.8 Å². The lowest BCUT2D eigenvalue weighted by atomic mass is 10.2. The molecule has 0 unspecified atom stereocenters. The van der Waals surface area contributed by atoms with Crippen LogP contribution in [0, 0.1) is 10.1 Å². The van der Waals surface area contributed by atoms with Crippen molar-refractivity contribution in [1.82, 2.24) is 4.98 Å². The molecule has 2 heterocycles. The fraction of sp³-hybridized carbons (Fsp3) is 0.455. The first kappa shape index (κ1) is 13.6. The van der Waals surface area contributed by atoms with E-state index in [0.29, 0.717) is 13.1 Å². The lowest BCUT2D eigenvalue weighted by Gasteiger charge is -2.20. The second kappa shape index (κ2) is 5.87. The third-order valence-corrected chi connectivity index (χ3v) is 3.86. The molecule has 0 bridgehead atoms. The van der Waals surface area contributed by atoms with Crippen molar-refractivity contribution in [2.75, 3.05) is 29.5 Å². The Balaban J connectivity index is 2.37. The molecule has 0 saturated carbocycles. The number of aromatic carboxylic acids is 1. The summed E-state index contributed by atoms with van der Waals surface area (Å²) in [6, 6.07) is 1.07. The van der Waals surface area contributed by atoms with Crippen molar-refractivity contribution < 1.29 is 14.8 Å². The van der Waals surface area contributed by atoms with Crippen LogP contribution in [0.3, 0.4) is 0 Å².